The zero-order chi connectivity index (χ0) is 22.3. The Hall–Kier alpha value is -1.61. The van der Waals surface area contributed by atoms with Crippen molar-refractivity contribution in [3.63, 3.8) is 0 Å². The number of nitrogens with zero attached hydrogens (tertiary/aromatic N) is 2. The van der Waals surface area contributed by atoms with Crippen LogP contribution in [0.1, 0.15) is 29.5 Å². The molecular formula is C25H30N2O2S3. The standard InChI is InChI=1S/C25H30N2O2S3/c28-15-5-4-10-26-11-13-27(14-12-26)18-21-17-20(8-9-23(21)29)24-22(25(30)32-31-24)16-19-6-2-1-3-7-19/h1-3,6-9,17,28-29H,4-5,10-16,18H2. The van der Waals surface area contributed by atoms with Crippen molar-refractivity contribution in [2.24, 2.45) is 0 Å². The number of hydrogen-bond acceptors (Lipinski definition) is 7. The summed E-state index contributed by atoms with van der Waals surface area (Å²) in [4.78, 5) is 6.11. The number of aliphatic hydroxyl groups excluding tert-OH is 1. The zero-order valence-corrected chi connectivity index (χ0v) is 20.7. The summed E-state index contributed by atoms with van der Waals surface area (Å²) in [6.07, 6.45) is 2.77. The molecule has 1 aromatic heterocycles. The molecule has 0 unspecified atom stereocenters. The van der Waals surface area contributed by atoms with E-state index in [1.54, 1.807) is 20.7 Å². The molecule has 0 atom stereocenters. The lowest BCUT2D eigenvalue weighted by Gasteiger charge is -2.34. The molecule has 4 rings (SSSR count). The normalized spacial score (nSPS) is 15.3. The molecule has 3 aromatic rings. The SMILES string of the molecule is OCCCCN1CCN(Cc2cc(-c3ssc(=S)c3Cc3ccccc3)ccc2O)CC1. The number of phenolic OH excluding ortho intramolecular Hbond substituents is 1. The number of benzene rings is 2. The van der Waals surface area contributed by atoms with Crippen LogP contribution in [-0.4, -0.2) is 59.3 Å². The van der Waals surface area contributed by atoms with Gasteiger partial charge in [0.1, 0.15) is 9.57 Å². The summed E-state index contributed by atoms with van der Waals surface area (Å²) < 4.78 is 0.959. The van der Waals surface area contributed by atoms with E-state index in [0.717, 1.165) is 73.5 Å². The van der Waals surface area contributed by atoms with Crippen LogP contribution in [-0.2, 0) is 13.0 Å². The second kappa shape index (κ2) is 11.5. The number of piperazine rings is 1. The molecule has 170 valence electrons. The lowest BCUT2D eigenvalue weighted by molar-refractivity contribution is 0.123. The van der Waals surface area contributed by atoms with Crippen molar-refractivity contribution in [2.75, 3.05) is 39.3 Å². The Morgan fingerprint density at radius 3 is 2.41 bits per heavy atom. The lowest BCUT2D eigenvalue weighted by Crippen LogP contribution is -2.46. The topological polar surface area (TPSA) is 46.9 Å². The minimum absolute atomic E-state index is 0.278. The molecule has 1 aliphatic heterocycles. The van der Waals surface area contributed by atoms with Crippen molar-refractivity contribution in [1.82, 2.24) is 9.80 Å². The average Bonchev–Trinajstić information content (AvgIpc) is 3.17. The number of hydrogen-bond donors (Lipinski definition) is 2. The molecule has 1 aliphatic rings. The van der Waals surface area contributed by atoms with E-state index in [0.29, 0.717) is 5.75 Å². The molecule has 0 radical (unpaired) electrons. The van der Waals surface area contributed by atoms with E-state index in [1.807, 2.05) is 18.2 Å². The van der Waals surface area contributed by atoms with E-state index in [9.17, 15) is 5.11 Å². The first kappa shape index (κ1) is 23.5. The fourth-order valence-corrected chi connectivity index (χ4v) is 7.07. The Kier molecular flexibility index (Phi) is 8.46. The highest BCUT2D eigenvalue weighted by Gasteiger charge is 2.19. The lowest BCUT2D eigenvalue weighted by atomic mass is 10.0. The number of rotatable bonds is 9. The Labute approximate surface area is 202 Å². The second-order valence-corrected chi connectivity index (χ2v) is 11.1. The van der Waals surface area contributed by atoms with Crippen molar-refractivity contribution < 1.29 is 10.2 Å². The first-order valence-electron chi connectivity index (χ1n) is 11.2. The van der Waals surface area contributed by atoms with Gasteiger partial charge in [0.15, 0.2) is 0 Å². The third-order valence-electron chi connectivity index (χ3n) is 6.03. The molecule has 0 aliphatic carbocycles. The molecule has 2 heterocycles. The van der Waals surface area contributed by atoms with Crippen molar-refractivity contribution in [3.05, 3.63) is 69.0 Å². The number of aromatic hydroxyl groups is 1. The van der Waals surface area contributed by atoms with Crippen molar-refractivity contribution in [1.29, 1.82) is 0 Å². The van der Waals surface area contributed by atoms with Crippen LogP contribution in [0, 0.1) is 3.82 Å². The Balaban J connectivity index is 1.46. The van der Waals surface area contributed by atoms with Gasteiger partial charge in [0.2, 0.25) is 0 Å². The molecule has 0 saturated carbocycles. The summed E-state index contributed by atoms with van der Waals surface area (Å²) in [6, 6.07) is 16.5. The Morgan fingerprint density at radius 1 is 0.906 bits per heavy atom. The highest BCUT2D eigenvalue weighted by atomic mass is 32.9. The van der Waals surface area contributed by atoms with Crippen LogP contribution in [0.5, 0.6) is 5.75 Å². The Bertz CT molecular complexity index is 1060. The van der Waals surface area contributed by atoms with Gasteiger partial charge in [0, 0.05) is 56.9 Å². The molecular weight excluding hydrogens is 456 g/mol. The predicted octanol–water partition coefficient (Wildman–Crippen LogP) is 5.39. The van der Waals surface area contributed by atoms with Crippen molar-refractivity contribution >= 4 is 32.9 Å². The number of phenols is 1. The van der Waals surface area contributed by atoms with Crippen LogP contribution in [0.15, 0.2) is 48.5 Å². The van der Waals surface area contributed by atoms with E-state index in [-0.39, 0.29) is 6.61 Å². The fourth-order valence-electron chi connectivity index (χ4n) is 4.16. The molecule has 0 spiro atoms. The van der Waals surface area contributed by atoms with Gasteiger partial charge in [-0.25, -0.2) is 0 Å². The third kappa shape index (κ3) is 6.04. The van der Waals surface area contributed by atoms with Gasteiger partial charge in [-0.05, 0) is 48.7 Å². The van der Waals surface area contributed by atoms with E-state index in [4.69, 9.17) is 17.3 Å². The predicted molar refractivity (Wildman–Crippen MR) is 137 cm³/mol. The average molecular weight is 487 g/mol. The molecule has 2 N–H and O–H groups in total. The van der Waals surface area contributed by atoms with Gasteiger partial charge in [-0.15, -0.1) is 0 Å². The first-order valence-corrected chi connectivity index (χ1v) is 13.7. The summed E-state index contributed by atoms with van der Waals surface area (Å²) in [7, 11) is 3.40. The van der Waals surface area contributed by atoms with E-state index in [2.05, 4.69) is 40.1 Å². The molecule has 0 bridgehead atoms. The first-order chi connectivity index (χ1) is 15.6. The zero-order valence-electron chi connectivity index (χ0n) is 18.2. The van der Waals surface area contributed by atoms with Gasteiger partial charge in [-0.2, -0.15) is 0 Å². The molecule has 7 heteroatoms. The minimum atomic E-state index is 0.278. The maximum absolute atomic E-state index is 10.5. The smallest absolute Gasteiger partial charge is 0.120 e. The quantitative estimate of drug-likeness (QED) is 0.241. The second-order valence-electron chi connectivity index (χ2n) is 8.32. The largest absolute Gasteiger partial charge is 0.508 e. The molecule has 1 fully saturated rings. The van der Waals surface area contributed by atoms with Crippen LogP contribution in [0.4, 0.5) is 0 Å². The summed E-state index contributed by atoms with van der Waals surface area (Å²) in [6.45, 7) is 6.17. The van der Waals surface area contributed by atoms with Crippen molar-refractivity contribution in [2.45, 2.75) is 25.8 Å². The van der Waals surface area contributed by atoms with E-state index >= 15 is 0 Å². The van der Waals surface area contributed by atoms with Crippen LogP contribution in [0.2, 0.25) is 0 Å². The fraction of sp³-hybridized carbons (Fsp3) is 0.400. The molecule has 4 nitrogen and oxygen atoms in total. The summed E-state index contributed by atoms with van der Waals surface area (Å²) >= 11 is 5.66. The van der Waals surface area contributed by atoms with Crippen LogP contribution in [0.25, 0.3) is 10.4 Å². The third-order valence-corrected chi connectivity index (χ3v) is 9.22. The number of aliphatic hydroxyl groups is 1. The van der Waals surface area contributed by atoms with Gasteiger partial charge in [-0.1, -0.05) is 63.2 Å². The van der Waals surface area contributed by atoms with Crippen LogP contribution in [0.3, 0.4) is 0 Å². The minimum Gasteiger partial charge on any atom is -0.508 e. The maximum Gasteiger partial charge on any atom is 0.120 e. The van der Waals surface area contributed by atoms with Gasteiger partial charge in [-0.3, -0.25) is 4.90 Å². The summed E-state index contributed by atoms with van der Waals surface area (Å²) in [5.74, 6) is 0.363. The molecule has 2 aromatic carbocycles. The van der Waals surface area contributed by atoms with Crippen LogP contribution < -0.4 is 0 Å². The van der Waals surface area contributed by atoms with Gasteiger partial charge in [0.25, 0.3) is 0 Å². The highest BCUT2D eigenvalue weighted by Crippen LogP contribution is 2.38. The summed E-state index contributed by atoms with van der Waals surface area (Å²) in [5.41, 5.74) is 4.60. The molecule has 1 saturated heterocycles. The number of unbranched alkanes of at least 4 members (excludes halogenated alkanes) is 1. The molecule has 32 heavy (non-hydrogen) atoms. The van der Waals surface area contributed by atoms with Crippen molar-refractivity contribution in [3.8, 4) is 16.2 Å². The summed E-state index contributed by atoms with van der Waals surface area (Å²) in [5, 5.41) is 19.5. The Morgan fingerprint density at radius 2 is 1.66 bits per heavy atom. The van der Waals surface area contributed by atoms with E-state index < -0.39 is 0 Å². The highest BCUT2D eigenvalue weighted by molar-refractivity contribution is 7.80. The monoisotopic (exact) mass is 486 g/mol. The molecule has 0 amide bonds. The van der Waals surface area contributed by atoms with Gasteiger partial charge in [0.05, 0.1) is 4.88 Å². The van der Waals surface area contributed by atoms with Gasteiger partial charge < -0.3 is 15.1 Å². The van der Waals surface area contributed by atoms with E-state index in [1.165, 1.54) is 16.0 Å². The maximum atomic E-state index is 10.5. The van der Waals surface area contributed by atoms with Crippen LogP contribution >= 0.6 is 32.9 Å². The van der Waals surface area contributed by atoms with Gasteiger partial charge >= 0.3 is 0 Å².